The zero-order valence-corrected chi connectivity index (χ0v) is 10.5. The molecule has 5 heteroatoms. The fraction of sp³-hybridized carbons (Fsp3) is 0.333. The number of aromatic nitrogens is 2. The molecule has 1 aromatic carbocycles. The molecule has 0 amide bonds. The molecular formula is C12H15N3OS. The first-order chi connectivity index (χ1) is 8.33. The Bertz CT molecular complexity index is 459. The first-order valence-electron chi connectivity index (χ1n) is 5.57. The molecule has 0 fully saturated rings. The monoisotopic (exact) mass is 249 g/mol. The molecule has 0 aliphatic heterocycles. The molecule has 0 saturated heterocycles. The van der Waals surface area contributed by atoms with Gasteiger partial charge < -0.3 is 10.5 Å². The van der Waals surface area contributed by atoms with E-state index < -0.39 is 0 Å². The molecule has 0 aliphatic rings. The highest BCUT2D eigenvalue weighted by molar-refractivity contribution is 7.05. The van der Waals surface area contributed by atoms with Crippen molar-refractivity contribution in [3.8, 4) is 5.75 Å². The van der Waals surface area contributed by atoms with Gasteiger partial charge in [-0.25, -0.2) is 0 Å². The second-order valence-corrected chi connectivity index (χ2v) is 4.50. The first-order valence-corrected chi connectivity index (χ1v) is 6.34. The Labute approximate surface area is 105 Å². The summed E-state index contributed by atoms with van der Waals surface area (Å²) < 4.78 is 9.52. The number of hydrogen-bond acceptors (Lipinski definition) is 5. The Hall–Kier alpha value is -1.46. The van der Waals surface area contributed by atoms with Crippen molar-refractivity contribution in [3.63, 3.8) is 0 Å². The van der Waals surface area contributed by atoms with Crippen LogP contribution in [0.2, 0.25) is 0 Å². The number of nitrogens with two attached hydrogens (primary N) is 1. The predicted octanol–water partition coefficient (Wildman–Crippen LogP) is 2.38. The summed E-state index contributed by atoms with van der Waals surface area (Å²) in [6.07, 6.45) is 2.68. The van der Waals surface area contributed by atoms with Crippen LogP contribution < -0.4 is 10.5 Å². The molecular weight excluding hydrogens is 234 g/mol. The molecule has 2 aromatic rings. The van der Waals surface area contributed by atoms with E-state index in [1.54, 1.807) is 6.20 Å². The van der Waals surface area contributed by atoms with Gasteiger partial charge in [-0.15, -0.1) is 5.10 Å². The van der Waals surface area contributed by atoms with Crippen molar-refractivity contribution in [1.29, 1.82) is 0 Å². The van der Waals surface area contributed by atoms with Crippen LogP contribution in [0.4, 0.5) is 0 Å². The Kier molecular flexibility index (Phi) is 4.06. The van der Waals surface area contributed by atoms with Crippen molar-refractivity contribution in [3.05, 3.63) is 40.9 Å². The minimum absolute atomic E-state index is 0.219. The summed E-state index contributed by atoms with van der Waals surface area (Å²) >= 11 is 1.32. The number of rotatable bonds is 5. The lowest BCUT2D eigenvalue weighted by Gasteiger charge is -2.14. The first kappa shape index (κ1) is 12.0. The van der Waals surface area contributed by atoms with Crippen molar-refractivity contribution in [2.75, 3.05) is 6.61 Å². The number of ether oxygens (including phenoxy) is 1. The van der Waals surface area contributed by atoms with Crippen LogP contribution in [-0.2, 0) is 0 Å². The standard InChI is InChI=1S/C12H15N3OS/c1-2-7-16-10-6-4-3-5-9(10)12(13)11-8-14-15-17-11/h3-6,8,12H,2,7,13H2,1H3. The number of hydrogen-bond donors (Lipinski definition) is 1. The Balaban J connectivity index is 2.25. The van der Waals surface area contributed by atoms with E-state index in [-0.39, 0.29) is 6.04 Å². The maximum atomic E-state index is 6.18. The topological polar surface area (TPSA) is 61.0 Å². The molecule has 0 saturated carbocycles. The molecule has 4 nitrogen and oxygen atoms in total. The van der Waals surface area contributed by atoms with Gasteiger partial charge in [0, 0.05) is 5.56 Å². The van der Waals surface area contributed by atoms with Crippen LogP contribution >= 0.6 is 11.5 Å². The smallest absolute Gasteiger partial charge is 0.124 e. The fourth-order valence-corrected chi connectivity index (χ4v) is 2.07. The van der Waals surface area contributed by atoms with Gasteiger partial charge in [0.25, 0.3) is 0 Å². The van der Waals surface area contributed by atoms with Gasteiger partial charge in [0.2, 0.25) is 0 Å². The predicted molar refractivity (Wildman–Crippen MR) is 68.2 cm³/mol. The van der Waals surface area contributed by atoms with E-state index >= 15 is 0 Å². The second-order valence-electron chi connectivity index (χ2n) is 3.68. The average molecular weight is 249 g/mol. The normalized spacial score (nSPS) is 12.4. The third-order valence-corrected chi connectivity index (χ3v) is 3.15. The van der Waals surface area contributed by atoms with Gasteiger partial charge in [0.05, 0.1) is 23.7 Å². The molecule has 2 N–H and O–H groups in total. The van der Waals surface area contributed by atoms with Crippen molar-refractivity contribution in [2.24, 2.45) is 5.73 Å². The second kappa shape index (κ2) is 5.75. The van der Waals surface area contributed by atoms with Crippen molar-refractivity contribution in [2.45, 2.75) is 19.4 Å². The van der Waals surface area contributed by atoms with E-state index in [1.165, 1.54) is 11.5 Å². The van der Waals surface area contributed by atoms with Gasteiger partial charge in [0.15, 0.2) is 0 Å². The van der Waals surface area contributed by atoms with Gasteiger partial charge in [-0.05, 0) is 24.0 Å². The molecule has 17 heavy (non-hydrogen) atoms. The van der Waals surface area contributed by atoms with Gasteiger partial charge in [-0.1, -0.05) is 29.6 Å². The van der Waals surface area contributed by atoms with Gasteiger partial charge in [-0.3, -0.25) is 0 Å². The SMILES string of the molecule is CCCOc1ccccc1C(N)c1cnns1. The van der Waals surface area contributed by atoms with Crippen LogP contribution in [0.3, 0.4) is 0 Å². The quantitative estimate of drug-likeness (QED) is 0.883. The Morgan fingerprint density at radius 3 is 2.94 bits per heavy atom. The number of nitrogens with zero attached hydrogens (tertiary/aromatic N) is 2. The van der Waals surface area contributed by atoms with Gasteiger partial charge in [-0.2, -0.15) is 0 Å². The molecule has 2 rings (SSSR count). The van der Waals surface area contributed by atoms with Crippen LogP contribution in [0.5, 0.6) is 5.75 Å². The minimum Gasteiger partial charge on any atom is -0.493 e. The van der Waals surface area contributed by atoms with Crippen LogP contribution in [0.1, 0.15) is 29.8 Å². The highest BCUT2D eigenvalue weighted by Gasteiger charge is 2.15. The molecule has 0 spiro atoms. The summed E-state index contributed by atoms with van der Waals surface area (Å²) in [6.45, 7) is 2.78. The van der Waals surface area contributed by atoms with E-state index in [4.69, 9.17) is 10.5 Å². The van der Waals surface area contributed by atoms with Crippen LogP contribution in [0, 0.1) is 0 Å². The summed E-state index contributed by atoms with van der Waals surface area (Å²) in [6, 6.07) is 7.62. The van der Waals surface area contributed by atoms with Crippen molar-refractivity contribution >= 4 is 11.5 Å². The highest BCUT2D eigenvalue weighted by Crippen LogP contribution is 2.29. The molecule has 1 unspecified atom stereocenters. The zero-order valence-electron chi connectivity index (χ0n) is 9.67. The lowest BCUT2D eigenvalue weighted by atomic mass is 10.1. The summed E-state index contributed by atoms with van der Waals surface area (Å²) in [5.41, 5.74) is 7.16. The third kappa shape index (κ3) is 2.81. The number of para-hydroxylation sites is 1. The third-order valence-electron chi connectivity index (χ3n) is 2.40. The molecule has 0 aliphatic carbocycles. The Morgan fingerprint density at radius 1 is 1.41 bits per heavy atom. The summed E-state index contributed by atoms with van der Waals surface area (Å²) in [7, 11) is 0. The van der Waals surface area contributed by atoms with E-state index in [0.29, 0.717) is 6.61 Å². The van der Waals surface area contributed by atoms with Gasteiger partial charge in [0.1, 0.15) is 5.75 Å². The lowest BCUT2D eigenvalue weighted by Crippen LogP contribution is -2.12. The molecule has 1 heterocycles. The highest BCUT2D eigenvalue weighted by atomic mass is 32.1. The summed E-state index contributed by atoms with van der Waals surface area (Å²) in [4.78, 5) is 0.942. The maximum Gasteiger partial charge on any atom is 0.124 e. The largest absolute Gasteiger partial charge is 0.493 e. The van der Waals surface area contributed by atoms with Gasteiger partial charge >= 0.3 is 0 Å². The van der Waals surface area contributed by atoms with E-state index in [1.807, 2.05) is 24.3 Å². The summed E-state index contributed by atoms with van der Waals surface area (Å²) in [5, 5.41) is 3.81. The van der Waals surface area contributed by atoms with Crippen LogP contribution in [-0.4, -0.2) is 16.2 Å². The lowest BCUT2D eigenvalue weighted by molar-refractivity contribution is 0.313. The zero-order chi connectivity index (χ0) is 12.1. The molecule has 0 bridgehead atoms. The van der Waals surface area contributed by atoms with Crippen LogP contribution in [0.15, 0.2) is 30.5 Å². The summed E-state index contributed by atoms with van der Waals surface area (Å²) in [5.74, 6) is 0.843. The van der Waals surface area contributed by atoms with E-state index in [2.05, 4.69) is 16.5 Å². The Morgan fingerprint density at radius 2 is 2.24 bits per heavy atom. The van der Waals surface area contributed by atoms with Crippen LogP contribution in [0.25, 0.3) is 0 Å². The fourth-order valence-electron chi connectivity index (χ4n) is 1.55. The molecule has 1 aromatic heterocycles. The van der Waals surface area contributed by atoms with Crippen molar-refractivity contribution in [1.82, 2.24) is 9.59 Å². The van der Waals surface area contributed by atoms with Crippen molar-refractivity contribution < 1.29 is 4.74 Å². The minimum atomic E-state index is -0.219. The molecule has 1 atom stereocenters. The molecule has 90 valence electrons. The average Bonchev–Trinajstić information content (AvgIpc) is 2.89. The number of benzene rings is 1. The van der Waals surface area contributed by atoms with E-state index in [0.717, 1.165) is 22.6 Å². The van der Waals surface area contributed by atoms with E-state index in [9.17, 15) is 0 Å². The molecule has 0 radical (unpaired) electrons. The maximum absolute atomic E-state index is 6.18.